The molecule has 1 aromatic rings. The lowest BCUT2D eigenvalue weighted by Crippen LogP contribution is -1.82. The number of phenols is 1. The number of aromatic hydroxyl groups is 1. The van der Waals surface area contributed by atoms with Crippen molar-refractivity contribution in [1.82, 2.24) is 0 Å². The molecule has 1 nitrogen and oxygen atoms in total. The Morgan fingerprint density at radius 1 is 1.55 bits per heavy atom. The summed E-state index contributed by atoms with van der Waals surface area (Å²) in [6.07, 6.45) is 0. The van der Waals surface area contributed by atoms with Gasteiger partial charge in [-0.1, -0.05) is 30.3 Å². The lowest BCUT2D eigenvalue weighted by Gasteiger charge is -2.03. The summed E-state index contributed by atoms with van der Waals surface area (Å²) >= 11 is 5.67. The van der Waals surface area contributed by atoms with Crippen LogP contribution in [0.5, 0.6) is 5.75 Å². The van der Waals surface area contributed by atoms with Gasteiger partial charge in [0, 0.05) is 5.03 Å². The van der Waals surface area contributed by atoms with Crippen molar-refractivity contribution in [2.75, 3.05) is 0 Å². The molecule has 0 saturated carbocycles. The molecule has 0 fully saturated rings. The maximum absolute atomic E-state index is 9.25. The van der Waals surface area contributed by atoms with Gasteiger partial charge in [-0.25, -0.2) is 0 Å². The van der Waals surface area contributed by atoms with Crippen molar-refractivity contribution < 1.29 is 5.11 Å². The van der Waals surface area contributed by atoms with Gasteiger partial charge in [-0.05, 0) is 24.1 Å². The normalized spacial score (nSPS) is 9.64. The van der Waals surface area contributed by atoms with Crippen molar-refractivity contribution in [2.45, 2.75) is 6.92 Å². The van der Waals surface area contributed by atoms with Crippen LogP contribution in [0.2, 0.25) is 0 Å². The molecule has 0 radical (unpaired) electrons. The summed E-state index contributed by atoms with van der Waals surface area (Å²) in [7, 11) is 0. The third kappa shape index (κ3) is 1.55. The average Bonchev–Trinajstić information content (AvgIpc) is 1.94. The molecule has 0 atom stereocenters. The maximum atomic E-state index is 9.25. The first-order valence-electron chi connectivity index (χ1n) is 3.26. The van der Waals surface area contributed by atoms with E-state index in [9.17, 15) is 5.11 Å². The molecule has 0 spiro atoms. The van der Waals surface area contributed by atoms with Crippen LogP contribution in [-0.4, -0.2) is 5.11 Å². The Balaban J connectivity index is 3.27. The van der Waals surface area contributed by atoms with E-state index in [1.807, 2.05) is 6.07 Å². The first kappa shape index (κ1) is 8.15. The minimum absolute atomic E-state index is 0.254. The minimum atomic E-state index is 0.254. The molecule has 0 bridgehead atoms. The molecule has 0 aliphatic heterocycles. The van der Waals surface area contributed by atoms with Crippen molar-refractivity contribution in [3.63, 3.8) is 0 Å². The van der Waals surface area contributed by atoms with E-state index in [4.69, 9.17) is 11.6 Å². The van der Waals surface area contributed by atoms with Gasteiger partial charge in [0.15, 0.2) is 0 Å². The fourth-order valence-electron chi connectivity index (χ4n) is 0.917. The summed E-state index contributed by atoms with van der Waals surface area (Å²) in [5, 5.41) is 9.71. The van der Waals surface area contributed by atoms with Gasteiger partial charge in [0.2, 0.25) is 0 Å². The van der Waals surface area contributed by atoms with Gasteiger partial charge in [0.1, 0.15) is 5.75 Å². The SMILES string of the molecule is C=C(Cl)c1cccc(O)c1C. The zero-order valence-electron chi connectivity index (χ0n) is 6.26. The summed E-state index contributed by atoms with van der Waals surface area (Å²) in [5.41, 5.74) is 1.57. The van der Waals surface area contributed by atoms with Crippen molar-refractivity contribution in [3.05, 3.63) is 35.9 Å². The molecule has 0 unspecified atom stereocenters. The van der Waals surface area contributed by atoms with Crippen molar-refractivity contribution >= 4 is 16.6 Å². The van der Waals surface area contributed by atoms with Crippen molar-refractivity contribution in [2.24, 2.45) is 0 Å². The molecule has 1 rings (SSSR count). The van der Waals surface area contributed by atoms with E-state index in [1.165, 1.54) is 0 Å². The van der Waals surface area contributed by atoms with Crippen LogP contribution in [0, 0.1) is 6.92 Å². The second-order valence-corrected chi connectivity index (χ2v) is 2.81. The summed E-state index contributed by atoms with van der Waals surface area (Å²) in [6.45, 7) is 5.39. The van der Waals surface area contributed by atoms with Gasteiger partial charge < -0.3 is 5.11 Å². The van der Waals surface area contributed by atoms with Crippen molar-refractivity contribution in [1.29, 1.82) is 0 Å². The number of hydrogen-bond acceptors (Lipinski definition) is 1. The predicted octanol–water partition coefficient (Wildman–Crippen LogP) is 2.91. The van der Waals surface area contributed by atoms with Crippen LogP contribution in [-0.2, 0) is 0 Å². The van der Waals surface area contributed by atoms with Gasteiger partial charge in [-0.3, -0.25) is 0 Å². The molecule has 1 aromatic carbocycles. The number of halogens is 1. The molecule has 0 aliphatic rings. The molecule has 0 saturated heterocycles. The topological polar surface area (TPSA) is 20.2 Å². The largest absolute Gasteiger partial charge is 0.508 e. The zero-order chi connectivity index (χ0) is 8.43. The highest BCUT2D eigenvalue weighted by molar-refractivity contribution is 6.48. The Kier molecular flexibility index (Phi) is 2.20. The van der Waals surface area contributed by atoms with Crippen LogP contribution < -0.4 is 0 Å². The summed E-state index contributed by atoms with van der Waals surface area (Å²) in [6, 6.07) is 5.19. The zero-order valence-corrected chi connectivity index (χ0v) is 7.02. The highest BCUT2D eigenvalue weighted by Gasteiger charge is 2.02. The first-order chi connectivity index (χ1) is 5.13. The Morgan fingerprint density at radius 3 is 2.64 bits per heavy atom. The predicted molar refractivity (Wildman–Crippen MR) is 47.7 cm³/mol. The van der Waals surface area contributed by atoms with Crippen LogP contribution in [0.4, 0.5) is 0 Å². The molecule has 0 aliphatic carbocycles. The lowest BCUT2D eigenvalue weighted by atomic mass is 10.1. The number of hydrogen-bond donors (Lipinski definition) is 1. The van der Waals surface area contributed by atoms with Gasteiger partial charge in [0.25, 0.3) is 0 Å². The first-order valence-corrected chi connectivity index (χ1v) is 3.64. The smallest absolute Gasteiger partial charge is 0.119 e. The Labute approximate surface area is 70.9 Å². The van der Waals surface area contributed by atoms with Gasteiger partial charge in [-0.15, -0.1) is 0 Å². The Morgan fingerprint density at radius 2 is 2.18 bits per heavy atom. The van der Waals surface area contributed by atoms with Crippen LogP contribution in [0.15, 0.2) is 24.8 Å². The van der Waals surface area contributed by atoms with Crippen molar-refractivity contribution in [3.8, 4) is 5.75 Å². The van der Waals surface area contributed by atoms with E-state index in [0.717, 1.165) is 11.1 Å². The highest BCUT2D eigenvalue weighted by atomic mass is 35.5. The summed E-state index contributed by atoms with van der Waals surface area (Å²) in [5.74, 6) is 0.254. The van der Waals surface area contributed by atoms with Crippen LogP contribution in [0.1, 0.15) is 11.1 Å². The van der Waals surface area contributed by atoms with Crippen LogP contribution >= 0.6 is 11.6 Å². The third-order valence-electron chi connectivity index (χ3n) is 1.60. The standard InChI is InChI=1S/C9H9ClO/c1-6-8(7(2)10)4-3-5-9(6)11/h3-5,11H,2H2,1H3. The third-order valence-corrected chi connectivity index (χ3v) is 1.80. The Hall–Kier alpha value is -0.950. The number of benzene rings is 1. The Bertz CT molecular complexity index is 292. The van der Waals surface area contributed by atoms with E-state index in [0.29, 0.717) is 5.03 Å². The number of rotatable bonds is 1. The van der Waals surface area contributed by atoms with Gasteiger partial charge in [0.05, 0.1) is 0 Å². The van der Waals surface area contributed by atoms with E-state index < -0.39 is 0 Å². The molecule has 0 heterocycles. The monoisotopic (exact) mass is 168 g/mol. The molecule has 2 heteroatoms. The summed E-state index contributed by atoms with van der Waals surface area (Å²) < 4.78 is 0. The van der Waals surface area contributed by atoms with Crippen LogP contribution in [0.3, 0.4) is 0 Å². The lowest BCUT2D eigenvalue weighted by molar-refractivity contribution is 0.471. The van der Waals surface area contributed by atoms with E-state index >= 15 is 0 Å². The maximum Gasteiger partial charge on any atom is 0.119 e. The van der Waals surface area contributed by atoms with E-state index in [1.54, 1.807) is 19.1 Å². The molecular formula is C9H9ClO. The molecule has 1 N–H and O–H groups in total. The molecule has 58 valence electrons. The van der Waals surface area contributed by atoms with E-state index in [2.05, 4.69) is 6.58 Å². The second kappa shape index (κ2) is 2.97. The number of phenolic OH excluding ortho intramolecular Hbond substituents is 1. The fourth-order valence-corrected chi connectivity index (χ4v) is 1.12. The average molecular weight is 169 g/mol. The second-order valence-electron chi connectivity index (χ2n) is 2.35. The van der Waals surface area contributed by atoms with E-state index in [-0.39, 0.29) is 5.75 Å². The molecule has 0 amide bonds. The fraction of sp³-hybridized carbons (Fsp3) is 0.111. The molecule has 0 aromatic heterocycles. The molecular weight excluding hydrogens is 160 g/mol. The highest BCUT2D eigenvalue weighted by Crippen LogP contribution is 2.26. The van der Waals surface area contributed by atoms with Gasteiger partial charge in [-0.2, -0.15) is 0 Å². The van der Waals surface area contributed by atoms with Crippen LogP contribution in [0.25, 0.3) is 5.03 Å². The quantitative estimate of drug-likeness (QED) is 0.684. The molecule has 11 heavy (non-hydrogen) atoms. The minimum Gasteiger partial charge on any atom is -0.508 e. The van der Waals surface area contributed by atoms with Gasteiger partial charge >= 0.3 is 0 Å². The summed E-state index contributed by atoms with van der Waals surface area (Å²) in [4.78, 5) is 0.